The Balaban J connectivity index is 2.30. The predicted octanol–water partition coefficient (Wildman–Crippen LogP) is 2.15. The maximum atomic E-state index is 4.46. The van der Waals surface area contributed by atoms with Gasteiger partial charge in [-0.3, -0.25) is 4.68 Å². The first-order chi connectivity index (χ1) is 6.77. The van der Waals surface area contributed by atoms with Crippen LogP contribution in [0.25, 0.3) is 11.0 Å². The van der Waals surface area contributed by atoms with Crippen molar-refractivity contribution in [3.05, 3.63) is 23.5 Å². The second-order valence-corrected chi connectivity index (χ2v) is 4.12. The van der Waals surface area contributed by atoms with Gasteiger partial charge < -0.3 is 0 Å². The zero-order chi connectivity index (χ0) is 9.71. The molecule has 2 aromatic heterocycles. The van der Waals surface area contributed by atoms with E-state index in [1.807, 2.05) is 24.1 Å². The molecule has 1 aliphatic carbocycles. The standard InChI is InChI=1S/C11H13N3/c1-7-9(8-3-4-8)5-12-11-10(7)6-13-14(11)2/h5-6,8H,3-4H2,1-2H3. The highest BCUT2D eigenvalue weighted by atomic mass is 15.3. The van der Waals surface area contributed by atoms with Crippen molar-refractivity contribution in [2.24, 2.45) is 7.05 Å². The van der Waals surface area contributed by atoms with Gasteiger partial charge in [0.2, 0.25) is 0 Å². The normalized spacial score (nSPS) is 16.4. The lowest BCUT2D eigenvalue weighted by Crippen LogP contribution is -1.94. The van der Waals surface area contributed by atoms with Gasteiger partial charge >= 0.3 is 0 Å². The van der Waals surface area contributed by atoms with Crippen molar-refractivity contribution < 1.29 is 0 Å². The van der Waals surface area contributed by atoms with Gasteiger partial charge in [0, 0.05) is 18.6 Å². The van der Waals surface area contributed by atoms with Crippen molar-refractivity contribution in [2.75, 3.05) is 0 Å². The molecule has 72 valence electrons. The van der Waals surface area contributed by atoms with Crippen molar-refractivity contribution in [3.8, 4) is 0 Å². The van der Waals surface area contributed by atoms with Crippen LogP contribution >= 0.6 is 0 Å². The van der Waals surface area contributed by atoms with Crippen LogP contribution in [0.2, 0.25) is 0 Å². The number of aromatic nitrogens is 3. The van der Waals surface area contributed by atoms with E-state index in [2.05, 4.69) is 17.0 Å². The minimum Gasteiger partial charge on any atom is -0.250 e. The van der Waals surface area contributed by atoms with Crippen LogP contribution in [0, 0.1) is 6.92 Å². The molecule has 0 amide bonds. The van der Waals surface area contributed by atoms with E-state index in [9.17, 15) is 0 Å². The van der Waals surface area contributed by atoms with Crippen LogP contribution in [0.4, 0.5) is 0 Å². The molecule has 1 saturated carbocycles. The quantitative estimate of drug-likeness (QED) is 0.685. The van der Waals surface area contributed by atoms with Crippen LogP contribution in [-0.2, 0) is 7.05 Å². The van der Waals surface area contributed by atoms with Crippen LogP contribution in [0.5, 0.6) is 0 Å². The summed E-state index contributed by atoms with van der Waals surface area (Å²) in [5.41, 5.74) is 3.78. The van der Waals surface area contributed by atoms with E-state index in [0.717, 1.165) is 11.6 Å². The highest BCUT2D eigenvalue weighted by Gasteiger charge is 2.26. The SMILES string of the molecule is Cc1c(C2CC2)cnc2c1cnn2C. The van der Waals surface area contributed by atoms with Crippen LogP contribution in [0.3, 0.4) is 0 Å². The minimum absolute atomic E-state index is 0.770. The van der Waals surface area contributed by atoms with E-state index < -0.39 is 0 Å². The summed E-state index contributed by atoms with van der Waals surface area (Å²) < 4.78 is 1.83. The van der Waals surface area contributed by atoms with Crippen molar-refractivity contribution in [2.45, 2.75) is 25.7 Å². The first kappa shape index (κ1) is 7.97. The molecular weight excluding hydrogens is 174 g/mol. The van der Waals surface area contributed by atoms with Gasteiger partial charge in [0.05, 0.1) is 6.20 Å². The van der Waals surface area contributed by atoms with Crippen LogP contribution in [-0.4, -0.2) is 14.8 Å². The Bertz CT molecular complexity index is 494. The van der Waals surface area contributed by atoms with Crippen molar-refractivity contribution >= 4 is 11.0 Å². The van der Waals surface area contributed by atoms with Crippen LogP contribution in [0.1, 0.15) is 29.9 Å². The van der Waals surface area contributed by atoms with Gasteiger partial charge in [-0.1, -0.05) is 0 Å². The lowest BCUT2D eigenvalue weighted by molar-refractivity contribution is 0.786. The Morgan fingerprint density at radius 1 is 1.36 bits per heavy atom. The molecule has 0 saturated heterocycles. The van der Waals surface area contributed by atoms with E-state index in [-0.39, 0.29) is 0 Å². The third kappa shape index (κ3) is 0.983. The van der Waals surface area contributed by atoms with Crippen molar-refractivity contribution in [3.63, 3.8) is 0 Å². The number of nitrogens with zero attached hydrogens (tertiary/aromatic N) is 3. The second kappa shape index (κ2) is 2.56. The number of hydrogen-bond donors (Lipinski definition) is 0. The molecule has 0 aromatic carbocycles. The summed E-state index contributed by atoms with van der Waals surface area (Å²) in [5, 5.41) is 5.44. The molecule has 0 unspecified atom stereocenters. The molecule has 2 heterocycles. The van der Waals surface area contributed by atoms with Gasteiger partial charge in [0.25, 0.3) is 0 Å². The van der Waals surface area contributed by atoms with E-state index in [4.69, 9.17) is 0 Å². The minimum atomic E-state index is 0.770. The first-order valence-electron chi connectivity index (χ1n) is 5.04. The Kier molecular flexibility index (Phi) is 1.46. The zero-order valence-electron chi connectivity index (χ0n) is 8.49. The van der Waals surface area contributed by atoms with E-state index in [0.29, 0.717) is 0 Å². The smallest absolute Gasteiger partial charge is 0.157 e. The zero-order valence-corrected chi connectivity index (χ0v) is 8.49. The summed E-state index contributed by atoms with van der Waals surface area (Å²) in [7, 11) is 1.94. The maximum Gasteiger partial charge on any atom is 0.157 e. The van der Waals surface area contributed by atoms with Gasteiger partial charge in [-0.25, -0.2) is 4.98 Å². The van der Waals surface area contributed by atoms with Crippen molar-refractivity contribution in [1.82, 2.24) is 14.8 Å². The highest BCUT2D eigenvalue weighted by molar-refractivity contribution is 5.79. The maximum absolute atomic E-state index is 4.46. The van der Waals surface area contributed by atoms with E-state index in [1.165, 1.54) is 29.4 Å². The number of rotatable bonds is 1. The Hall–Kier alpha value is -1.38. The molecule has 2 aromatic rings. The monoisotopic (exact) mass is 187 g/mol. The van der Waals surface area contributed by atoms with Gasteiger partial charge in [0.15, 0.2) is 5.65 Å². The summed E-state index contributed by atoms with van der Waals surface area (Å²) >= 11 is 0. The average Bonchev–Trinajstić information content (AvgIpc) is 2.93. The third-order valence-electron chi connectivity index (χ3n) is 3.09. The molecule has 0 radical (unpaired) electrons. The van der Waals surface area contributed by atoms with Gasteiger partial charge in [-0.15, -0.1) is 0 Å². The largest absolute Gasteiger partial charge is 0.250 e. The molecule has 0 atom stereocenters. The first-order valence-corrected chi connectivity index (χ1v) is 5.04. The van der Waals surface area contributed by atoms with Gasteiger partial charge in [0.1, 0.15) is 0 Å². The number of pyridine rings is 1. The van der Waals surface area contributed by atoms with Crippen LogP contribution in [0.15, 0.2) is 12.4 Å². The van der Waals surface area contributed by atoms with Crippen molar-refractivity contribution in [1.29, 1.82) is 0 Å². The molecule has 1 fully saturated rings. The molecule has 3 nitrogen and oxygen atoms in total. The fourth-order valence-corrected chi connectivity index (χ4v) is 2.04. The molecule has 0 N–H and O–H groups in total. The predicted molar refractivity (Wildman–Crippen MR) is 55.2 cm³/mol. The van der Waals surface area contributed by atoms with Gasteiger partial charge in [-0.2, -0.15) is 5.10 Å². The Morgan fingerprint density at radius 3 is 2.86 bits per heavy atom. The molecule has 3 rings (SSSR count). The number of hydrogen-bond acceptors (Lipinski definition) is 2. The molecule has 0 aliphatic heterocycles. The molecule has 1 aliphatic rings. The number of aryl methyl sites for hydroxylation is 2. The van der Waals surface area contributed by atoms with Gasteiger partial charge in [-0.05, 0) is 36.8 Å². The Morgan fingerprint density at radius 2 is 2.14 bits per heavy atom. The van der Waals surface area contributed by atoms with E-state index >= 15 is 0 Å². The molecular formula is C11H13N3. The lowest BCUT2D eigenvalue weighted by atomic mass is 10.1. The topological polar surface area (TPSA) is 30.7 Å². The Labute approximate surface area is 82.8 Å². The molecule has 14 heavy (non-hydrogen) atoms. The van der Waals surface area contributed by atoms with Crippen LogP contribution < -0.4 is 0 Å². The van der Waals surface area contributed by atoms with E-state index in [1.54, 1.807) is 0 Å². The fourth-order valence-electron chi connectivity index (χ4n) is 2.04. The number of fused-ring (bicyclic) bond motifs is 1. The summed E-state index contributed by atoms with van der Waals surface area (Å²) in [6, 6.07) is 0. The lowest BCUT2D eigenvalue weighted by Gasteiger charge is -2.04. The highest BCUT2D eigenvalue weighted by Crippen LogP contribution is 2.42. The third-order valence-corrected chi connectivity index (χ3v) is 3.09. The summed E-state index contributed by atoms with van der Waals surface area (Å²) in [6.45, 7) is 2.18. The molecule has 0 bridgehead atoms. The average molecular weight is 187 g/mol. The second-order valence-electron chi connectivity index (χ2n) is 4.12. The summed E-state index contributed by atoms with van der Waals surface area (Å²) in [5.74, 6) is 0.770. The fraction of sp³-hybridized carbons (Fsp3) is 0.455. The molecule has 3 heteroatoms. The summed E-state index contributed by atoms with van der Waals surface area (Å²) in [4.78, 5) is 4.46. The molecule has 0 spiro atoms. The summed E-state index contributed by atoms with van der Waals surface area (Å²) in [6.07, 6.45) is 6.60.